The molecule has 44 heavy (non-hydrogen) atoms. The first-order valence-corrected chi connectivity index (χ1v) is 16.1. The number of benzene rings is 3. The summed E-state index contributed by atoms with van der Waals surface area (Å²) in [5.74, 6) is 0.874. The fourth-order valence-electron chi connectivity index (χ4n) is 5.05. The summed E-state index contributed by atoms with van der Waals surface area (Å²) < 4.78 is 19.8. The van der Waals surface area contributed by atoms with Crippen LogP contribution in [0.15, 0.2) is 86.2 Å². The third-order valence-corrected chi connectivity index (χ3v) is 9.26. The zero-order chi connectivity index (χ0) is 31.5. The van der Waals surface area contributed by atoms with E-state index in [9.17, 15) is 9.59 Å². The van der Waals surface area contributed by atoms with Gasteiger partial charge in [0, 0.05) is 10.6 Å². The van der Waals surface area contributed by atoms with Crippen molar-refractivity contribution in [2.24, 2.45) is 4.99 Å². The monoisotopic (exact) mass is 694 g/mol. The third kappa shape index (κ3) is 6.41. The summed E-state index contributed by atoms with van der Waals surface area (Å²) in [5.41, 5.74) is 4.17. The zero-order valence-electron chi connectivity index (χ0n) is 25.0. The Balaban J connectivity index is 1.58. The molecule has 1 atom stereocenters. The first kappa shape index (κ1) is 31.8. The van der Waals surface area contributed by atoms with Gasteiger partial charge in [-0.05, 0) is 76.7 Å². The number of carbonyl (C=O) groups is 1. The molecule has 0 amide bonds. The standard InChI is InChI=1S/C34H32BrClN2O5S/c1-6-42-33(40)29-20(4)37-34-38(30(29)23-13-11-22(12-14-23)19(2)3)32(39)28(44-34)17-21-15-25(35)31(27(16-21)41-5)43-18-24-9-7-8-10-26(24)36/h7-17,19,30H,6,18H2,1-5H3/b28-17-/t30-/m1/s1. The molecule has 2 heterocycles. The number of halogens is 2. The van der Waals surface area contributed by atoms with Crippen molar-refractivity contribution in [3.8, 4) is 11.5 Å². The molecule has 10 heteroatoms. The van der Waals surface area contributed by atoms with Gasteiger partial charge in [-0.15, -0.1) is 0 Å². The number of methoxy groups -OCH3 is 1. The molecule has 1 aliphatic rings. The first-order valence-electron chi connectivity index (χ1n) is 14.2. The Hall–Kier alpha value is -3.66. The summed E-state index contributed by atoms with van der Waals surface area (Å²) in [5, 5.41) is 0.616. The van der Waals surface area contributed by atoms with Crippen molar-refractivity contribution in [1.82, 2.24) is 4.57 Å². The van der Waals surface area contributed by atoms with Crippen molar-refractivity contribution in [1.29, 1.82) is 0 Å². The second-order valence-electron chi connectivity index (χ2n) is 10.5. The molecule has 1 aromatic heterocycles. The van der Waals surface area contributed by atoms with Crippen LogP contribution in [0.5, 0.6) is 11.5 Å². The van der Waals surface area contributed by atoms with E-state index in [1.54, 1.807) is 31.6 Å². The van der Waals surface area contributed by atoms with E-state index in [1.165, 1.54) is 16.9 Å². The number of thiazole rings is 1. The van der Waals surface area contributed by atoms with Crippen molar-refractivity contribution in [2.45, 2.75) is 46.3 Å². The predicted molar refractivity (Wildman–Crippen MR) is 177 cm³/mol. The van der Waals surface area contributed by atoms with E-state index in [0.717, 1.165) is 16.7 Å². The first-order chi connectivity index (χ1) is 21.1. The largest absolute Gasteiger partial charge is 0.493 e. The van der Waals surface area contributed by atoms with Crippen LogP contribution in [0.3, 0.4) is 0 Å². The quantitative estimate of drug-likeness (QED) is 0.178. The molecule has 0 N–H and O–H groups in total. The molecule has 0 fully saturated rings. The maximum absolute atomic E-state index is 14.0. The Kier molecular flexibility index (Phi) is 9.78. The lowest BCUT2D eigenvalue weighted by atomic mass is 9.93. The lowest BCUT2D eigenvalue weighted by molar-refractivity contribution is -0.139. The fraction of sp³-hybridized carbons (Fsp3) is 0.265. The maximum Gasteiger partial charge on any atom is 0.338 e. The number of hydrogen-bond donors (Lipinski definition) is 0. The molecule has 5 rings (SSSR count). The van der Waals surface area contributed by atoms with Crippen LogP contribution in [-0.4, -0.2) is 24.3 Å². The summed E-state index contributed by atoms with van der Waals surface area (Å²) in [6.07, 6.45) is 1.79. The number of allylic oxidation sites excluding steroid dienone is 1. The molecule has 0 aliphatic carbocycles. The molecule has 4 aromatic rings. The molecule has 228 valence electrons. The summed E-state index contributed by atoms with van der Waals surface area (Å²) in [4.78, 5) is 32.4. The summed E-state index contributed by atoms with van der Waals surface area (Å²) in [6, 6.07) is 18.5. The van der Waals surface area contributed by atoms with Gasteiger partial charge in [-0.1, -0.05) is 79.2 Å². The second-order valence-corrected chi connectivity index (χ2v) is 12.8. The molecular formula is C34H32BrClN2O5S. The van der Waals surface area contributed by atoms with Crippen LogP contribution < -0.4 is 24.4 Å². The average molecular weight is 696 g/mol. The van der Waals surface area contributed by atoms with Crippen LogP contribution in [0.2, 0.25) is 5.02 Å². The lowest BCUT2D eigenvalue weighted by Crippen LogP contribution is -2.39. The smallest absolute Gasteiger partial charge is 0.338 e. The van der Waals surface area contributed by atoms with Crippen LogP contribution in [-0.2, 0) is 16.1 Å². The Labute approximate surface area is 273 Å². The number of hydrogen-bond acceptors (Lipinski definition) is 7. The van der Waals surface area contributed by atoms with Crippen LogP contribution in [0.4, 0.5) is 0 Å². The summed E-state index contributed by atoms with van der Waals surface area (Å²) in [6.45, 7) is 8.26. The van der Waals surface area contributed by atoms with E-state index < -0.39 is 12.0 Å². The molecule has 0 radical (unpaired) electrons. The van der Waals surface area contributed by atoms with Crippen LogP contribution in [0.25, 0.3) is 6.08 Å². The molecule has 0 saturated heterocycles. The van der Waals surface area contributed by atoms with Crippen molar-refractivity contribution < 1.29 is 19.0 Å². The number of ether oxygens (including phenoxy) is 3. The number of nitrogens with zero attached hydrogens (tertiary/aromatic N) is 2. The number of fused-ring (bicyclic) bond motifs is 1. The highest BCUT2D eigenvalue weighted by Crippen LogP contribution is 2.38. The van der Waals surface area contributed by atoms with E-state index in [-0.39, 0.29) is 18.8 Å². The molecular weight excluding hydrogens is 664 g/mol. The fourth-order valence-corrected chi connectivity index (χ4v) is 6.86. The molecule has 3 aromatic carbocycles. The van der Waals surface area contributed by atoms with Gasteiger partial charge >= 0.3 is 5.97 Å². The molecule has 0 unspecified atom stereocenters. The Morgan fingerprint density at radius 2 is 1.89 bits per heavy atom. The molecule has 7 nitrogen and oxygen atoms in total. The van der Waals surface area contributed by atoms with Gasteiger partial charge in [0.15, 0.2) is 16.3 Å². The number of aromatic nitrogens is 1. The molecule has 1 aliphatic heterocycles. The third-order valence-electron chi connectivity index (χ3n) is 7.32. The topological polar surface area (TPSA) is 79.1 Å². The Morgan fingerprint density at radius 1 is 1.16 bits per heavy atom. The van der Waals surface area contributed by atoms with E-state index in [0.29, 0.717) is 47.5 Å². The predicted octanol–water partition coefficient (Wildman–Crippen LogP) is 6.93. The SMILES string of the molecule is CCOC(=O)C1=C(C)N=c2s/c(=C\c3cc(Br)c(OCc4ccccc4Cl)c(OC)c3)c(=O)n2[C@@H]1c1ccc(C(C)C)cc1. The minimum Gasteiger partial charge on any atom is -0.493 e. The molecule has 0 saturated carbocycles. The maximum atomic E-state index is 14.0. The highest BCUT2D eigenvalue weighted by atomic mass is 79.9. The summed E-state index contributed by atoms with van der Waals surface area (Å²) >= 11 is 11.2. The van der Waals surface area contributed by atoms with Crippen LogP contribution in [0, 0.1) is 0 Å². The zero-order valence-corrected chi connectivity index (χ0v) is 28.2. The van der Waals surface area contributed by atoms with Crippen molar-refractivity contribution >= 4 is 50.9 Å². The van der Waals surface area contributed by atoms with Crippen molar-refractivity contribution in [3.05, 3.63) is 123 Å². The minimum atomic E-state index is -0.671. The van der Waals surface area contributed by atoms with E-state index in [1.807, 2.05) is 60.7 Å². The highest BCUT2D eigenvalue weighted by molar-refractivity contribution is 9.10. The lowest BCUT2D eigenvalue weighted by Gasteiger charge is -2.25. The number of carbonyl (C=O) groups excluding carboxylic acids is 1. The van der Waals surface area contributed by atoms with Gasteiger partial charge in [-0.2, -0.15) is 0 Å². The Bertz CT molecular complexity index is 1930. The van der Waals surface area contributed by atoms with E-state index >= 15 is 0 Å². The van der Waals surface area contributed by atoms with Gasteiger partial charge in [0.25, 0.3) is 5.56 Å². The number of rotatable bonds is 9. The normalized spacial score (nSPS) is 14.8. The van der Waals surface area contributed by atoms with Gasteiger partial charge in [0.05, 0.1) is 40.0 Å². The van der Waals surface area contributed by atoms with E-state index in [2.05, 4.69) is 34.8 Å². The van der Waals surface area contributed by atoms with Crippen LogP contribution >= 0.6 is 38.9 Å². The molecule has 0 bridgehead atoms. The van der Waals surface area contributed by atoms with Crippen molar-refractivity contribution in [2.75, 3.05) is 13.7 Å². The second kappa shape index (κ2) is 13.5. The van der Waals surface area contributed by atoms with E-state index in [4.69, 9.17) is 25.8 Å². The highest BCUT2D eigenvalue weighted by Gasteiger charge is 2.33. The van der Waals surface area contributed by atoms with Gasteiger partial charge in [-0.3, -0.25) is 9.36 Å². The van der Waals surface area contributed by atoms with Gasteiger partial charge < -0.3 is 14.2 Å². The van der Waals surface area contributed by atoms with Crippen molar-refractivity contribution in [3.63, 3.8) is 0 Å². The average Bonchev–Trinajstić information content (AvgIpc) is 3.30. The number of esters is 1. The summed E-state index contributed by atoms with van der Waals surface area (Å²) in [7, 11) is 1.56. The van der Waals surface area contributed by atoms with Crippen LogP contribution in [0.1, 0.15) is 61.9 Å². The van der Waals surface area contributed by atoms with Gasteiger partial charge in [-0.25, -0.2) is 9.79 Å². The van der Waals surface area contributed by atoms with Gasteiger partial charge in [0.1, 0.15) is 6.61 Å². The minimum absolute atomic E-state index is 0.216. The Morgan fingerprint density at radius 3 is 2.55 bits per heavy atom. The van der Waals surface area contributed by atoms with Gasteiger partial charge in [0.2, 0.25) is 0 Å². The molecule has 0 spiro atoms.